The molecule has 2 aromatic rings. The molecule has 0 unspecified atom stereocenters. The lowest BCUT2D eigenvalue weighted by Crippen LogP contribution is -2.15. The van der Waals surface area contributed by atoms with E-state index in [-0.39, 0.29) is 11.7 Å². The number of carbonyl (C=O) groups is 1. The fourth-order valence-corrected chi connectivity index (χ4v) is 2.69. The number of thioether (sulfide) groups is 2. The number of anilines is 1. The van der Waals surface area contributed by atoms with Crippen LogP contribution in [0.3, 0.4) is 0 Å². The molecule has 21 heavy (non-hydrogen) atoms. The van der Waals surface area contributed by atoms with Gasteiger partial charge in [0, 0.05) is 5.69 Å². The van der Waals surface area contributed by atoms with E-state index in [1.807, 2.05) is 30.5 Å². The van der Waals surface area contributed by atoms with Crippen molar-refractivity contribution in [2.75, 3.05) is 17.3 Å². The van der Waals surface area contributed by atoms with Crippen LogP contribution in [0.1, 0.15) is 18.4 Å². The van der Waals surface area contributed by atoms with Crippen molar-refractivity contribution in [1.82, 2.24) is 10.2 Å². The van der Waals surface area contributed by atoms with Gasteiger partial charge in [-0.15, -0.1) is 10.2 Å². The summed E-state index contributed by atoms with van der Waals surface area (Å²) in [7, 11) is 0. The highest BCUT2D eigenvalue weighted by atomic mass is 32.2. The van der Waals surface area contributed by atoms with E-state index in [1.165, 1.54) is 11.8 Å². The number of amides is 1. The quantitative estimate of drug-likeness (QED) is 0.789. The third-order valence-corrected chi connectivity index (χ3v) is 4.07. The summed E-state index contributed by atoms with van der Waals surface area (Å²) in [4.78, 5) is 12.0. The van der Waals surface area contributed by atoms with E-state index in [9.17, 15) is 4.79 Å². The molecule has 0 saturated heterocycles. The van der Waals surface area contributed by atoms with Crippen LogP contribution in [0.2, 0.25) is 0 Å². The smallest absolute Gasteiger partial charge is 0.277 e. The largest absolute Gasteiger partial charge is 0.415 e. The van der Waals surface area contributed by atoms with Crippen LogP contribution in [0.4, 0.5) is 5.69 Å². The van der Waals surface area contributed by atoms with Crippen molar-refractivity contribution in [2.24, 2.45) is 0 Å². The minimum absolute atomic E-state index is 0.0782. The lowest BCUT2D eigenvalue weighted by molar-refractivity contribution is -0.113. The normalized spacial score (nSPS) is 10.6. The zero-order valence-electron chi connectivity index (χ0n) is 12.0. The number of benzene rings is 1. The number of carbonyl (C=O) groups excluding carboxylic acids is 1. The van der Waals surface area contributed by atoms with Crippen molar-refractivity contribution in [2.45, 2.75) is 24.3 Å². The molecular formula is C14H17N3O2S2. The Labute approximate surface area is 132 Å². The average molecular weight is 323 g/mol. The Morgan fingerprint density at radius 3 is 2.90 bits per heavy atom. The Bertz CT molecular complexity index is 601. The standard InChI is InChI=1S/C14H17N3O2S2/c1-3-10-6-4-5-7-11(10)15-12(18)8-21-14-17-16-13(19-14)9-20-2/h4-7H,3,8-9H2,1-2H3,(H,15,18). The summed E-state index contributed by atoms with van der Waals surface area (Å²) in [6, 6.07) is 7.80. The van der Waals surface area contributed by atoms with Gasteiger partial charge in [-0.05, 0) is 24.3 Å². The Balaban J connectivity index is 1.86. The average Bonchev–Trinajstić information content (AvgIpc) is 2.94. The van der Waals surface area contributed by atoms with Crippen molar-refractivity contribution in [3.63, 3.8) is 0 Å². The molecule has 2 rings (SSSR count). The van der Waals surface area contributed by atoms with Crippen LogP contribution in [0.5, 0.6) is 0 Å². The highest BCUT2D eigenvalue weighted by Gasteiger charge is 2.10. The van der Waals surface area contributed by atoms with Gasteiger partial charge in [0.15, 0.2) is 0 Å². The van der Waals surface area contributed by atoms with Gasteiger partial charge in [0.25, 0.3) is 5.22 Å². The van der Waals surface area contributed by atoms with Crippen LogP contribution < -0.4 is 5.32 Å². The molecule has 0 spiro atoms. The van der Waals surface area contributed by atoms with Gasteiger partial charge in [-0.1, -0.05) is 36.9 Å². The predicted molar refractivity (Wildman–Crippen MR) is 86.7 cm³/mol. The molecule has 0 aliphatic carbocycles. The second kappa shape index (κ2) is 8.09. The van der Waals surface area contributed by atoms with Crippen LogP contribution in [-0.2, 0) is 17.0 Å². The Morgan fingerprint density at radius 1 is 1.33 bits per heavy atom. The molecule has 0 bridgehead atoms. The third kappa shape index (κ3) is 4.78. The Hall–Kier alpha value is -1.47. The van der Waals surface area contributed by atoms with E-state index in [4.69, 9.17) is 4.42 Å². The molecule has 1 aromatic carbocycles. The molecule has 0 radical (unpaired) electrons. The first kappa shape index (κ1) is 15.9. The molecule has 0 saturated carbocycles. The molecule has 1 N–H and O–H groups in total. The van der Waals surface area contributed by atoms with Crippen LogP contribution >= 0.6 is 23.5 Å². The molecule has 112 valence electrons. The summed E-state index contributed by atoms with van der Waals surface area (Å²) in [6.45, 7) is 2.06. The number of hydrogen-bond acceptors (Lipinski definition) is 6. The van der Waals surface area contributed by atoms with Crippen molar-refractivity contribution in [3.8, 4) is 0 Å². The zero-order chi connectivity index (χ0) is 15.1. The maximum atomic E-state index is 12.0. The molecule has 5 nitrogen and oxygen atoms in total. The van der Waals surface area contributed by atoms with E-state index in [0.29, 0.717) is 16.9 Å². The summed E-state index contributed by atoms with van der Waals surface area (Å²) in [5, 5.41) is 11.1. The molecule has 7 heteroatoms. The van der Waals surface area contributed by atoms with Gasteiger partial charge in [0.2, 0.25) is 11.8 Å². The van der Waals surface area contributed by atoms with Gasteiger partial charge < -0.3 is 9.73 Å². The summed E-state index contributed by atoms with van der Waals surface area (Å²) in [5.74, 6) is 1.44. The number of rotatable bonds is 7. The molecule has 0 aliphatic rings. The molecule has 0 aliphatic heterocycles. The van der Waals surface area contributed by atoms with Gasteiger partial charge in [0.1, 0.15) is 0 Å². The van der Waals surface area contributed by atoms with E-state index in [2.05, 4.69) is 22.4 Å². The van der Waals surface area contributed by atoms with Crippen LogP contribution in [0.15, 0.2) is 33.9 Å². The Morgan fingerprint density at radius 2 is 2.14 bits per heavy atom. The highest BCUT2D eigenvalue weighted by molar-refractivity contribution is 7.99. The van der Waals surface area contributed by atoms with Crippen LogP contribution in [0, 0.1) is 0 Å². The van der Waals surface area contributed by atoms with Gasteiger partial charge in [-0.3, -0.25) is 4.79 Å². The van der Waals surface area contributed by atoms with E-state index in [0.717, 1.165) is 17.7 Å². The van der Waals surface area contributed by atoms with E-state index in [1.54, 1.807) is 11.8 Å². The fourth-order valence-electron chi connectivity index (χ4n) is 1.74. The molecule has 0 fully saturated rings. The van der Waals surface area contributed by atoms with E-state index >= 15 is 0 Å². The number of hydrogen-bond donors (Lipinski definition) is 1. The molecule has 1 amide bonds. The van der Waals surface area contributed by atoms with Crippen molar-refractivity contribution < 1.29 is 9.21 Å². The summed E-state index contributed by atoms with van der Waals surface area (Å²) in [6.07, 6.45) is 2.85. The summed E-state index contributed by atoms with van der Waals surface area (Å²) < 4.78 is 5.41. The van der Waals surface area contributed by atoms with Gasteiger partial charge in [-0.25, -0.2) is 0 Å². The lowest BCUT2D eigenvalue weighted by Gasteiger charge is -2.08. The molecule has 1 heterocycles. The Kier molecular flexibility index (Phi) is 6.13. The van der Waals surface area contributed by atoms with Crippen LogP contribution in [0.25, 0.3) is 0 Å². The second-order valence-corrected chi connectivity index (χ2v) is 6.03. The van der Waals surface area contributed by atoms with Crippen LogP contribution in [-0.4, -0.2) is 28.1 Å². The molecule has 1 aromatic heterocycles. The molecular weight excluding hydrogens is 306 g/mol. The van der Waals surface area contributed by atoms with Gasteiger partial charge >= 0.3 is 0 Å². The van der Waals surface area contributed by atoms with Gasteiger partial charge in [0.05, 0.1) is 11.5 Å². The first-order chi connectivity index (χ1) is 10.2. The minimum atomic E-state index is -0.0782. The topological polar surface area (TPSA) is 68.0 Å². The number of para-hydroxylation sites is 1. The van der Waals surface area contributed by atoms with E-state index < -0.39 is 0 Å². The van der Waals surface area contributed by atoms with Crippen molar-refractivity contribution in [1.29, 1.82) is 0 Å². The molecule has 0 atom stereocenters. The minimum Gasteiger partial charge on any atom is -0.415 e. The fraction of sp³-hybridized carbons (Fsp3) is 0.357. The zero-order valence-corrected chi connectivity index (χ0v) is 13.6. The predicted octanol–water partition coefficient (Wildman–Crippen LogP) is 3.23. The maximum absolute atomic E-state index is 12.0. The third-order valence-electron chi connectivity index (χ3n) is 2.72. The maximum Gasteiger partial charge on any atom is 0.277 e. The second-order valence-electron chi connectivity index (χ2n) is 4.24. The summed E-state index contributed by atoms with van der Waals surface area (Å²) in [5.41, 5.74) is 1.98. The number of aryl methyl sites for hydroxylation is 1. The highest BCUT2D eigenvalue weighted by Crippen LogP contribution is 2.19. The first-order valence-electron chi connectivity index (χ1n) is 6.54. The van der Waals surface area contributed by atoms with Gasteiger partial charge in [-0.2, -0.15) is 11.8 Å². The lowest BCUT2D eigenvalue weighted by atomic mass is 10.1. The van der Waals surface area contributed by atoms with Crippen molar-refractivity contribution in [3.05, 3.63) is 35.7 Å². The monoisotopic (exact) mass is 323 g/mol. The SMILES string of the molecule is CCc1ccccc1NC(=O)CSc1nnc(CSC)o1. The summed E-state index contributed by atoms with van der Waals surface area (Å²) >= 11 is 2.86. The number of nitrogens with zero attached hydrogens (tertiary/aromatic N) is 2. The first-order valence-corrected chi connectivity index (χ1v) is 8.92. The number of nitrogens with one attached hydrogen (secondary N) is 1. The van der Waals surface area contributed by atoms with Crippen molar-refractivity contribution >= 4 is 35.1 Å². The number of aromatic nitrogens is 2.